The first-order valence-corrected chi connectivity index (χ1v) is 17.3. The van der Waals surface area contributed by atoms with E-state index in [9.17, 15) is 23.1 Å². The summed E-state index contributed by atoms with van der Waals surface area (Å²) in [4.78, 5) is 34.1. The molecule has 2 aliphatic heterocycles. The number of hydrogen-bond acceptors (Lipinski definition) is 8. The van der Waals surface area contributed by atoms with Gasteiger partial charge in [-0.25, -0.2) is 13.4 Å². The standard InChI is InChI=1S/C31H39N5O5S2/c1-20-19-42-30(33-20)27-12-8-14-36(27)31(39)23-16-22(17-24(18-23)35(2)43(3,40)41)29(38)34-26(15-21-9-5-4-6-10-21)28(37)25-11-7-13-32-25/h4-6,9-10,16-19,25-28,32,37H,7-8,11-15H2,1-3H3,(H,34,38)/t25-,26+,27+,28+/m0/s1. The normalized spacial score (nSPS) is 20.1. The van der Waals surface area contributed by atoms with Crippen LogP contribution >= 0.6 is 11.3 Å². The number of nitrogens with one attached hydrogen (secondary N) is 2. The van der Waals surface area contributed by atoms with Crippen LogP contribution in [0.25, 0.3) is 0 Å². The first-order valence-electron chi connectivity index (χ1n) is 14.6. The molecular weight excluding hydrogens is 587 g/mol. The number of nitrogens with zero attached hydrogens (tertiary/aromatic N) is 3. The third-order valence-corrected chi connectivity index (χ3v) is 10.5. The number of aliphatic hydroxyl groups excluding tert-OH is 1. The Morgan fingerprint density at radius 1 is 1.16 bits per heavy atom. The van der Waals surface area contributed by atoms with Crippen molar-refractivity contribution in [1.29, 1.82) is 0 Å². The van der Waals surface area contributed by atoms with Gasteiger partial charge >= 0.3 is 0 Å². The van der Waals surface area contributed by atoms with Gasteiger partial charge < -0.3 is 20.6 Å². The number of aryl methyl sites for hydroxylation is 1. The number of sulfonamides is 1. The van der Waals surface area contributed by atoms with E-state index in [0.29, 0.717) is 13.0 Å². The van der Waals surface area contributed by atoms with E-state index in [-0.39, 0.29) is 34.8 Å². The van der Waals surface area contributed by atoms with E-state index in [0.717, 1.165) is 59.1 Å². The molecule has 3 heterocycles. The molecule has 10 nitrogen and oxygen atoms in total. The number of rotatable bonds is 10. The summed E-state index contributed by atoms with van der Waals surface area (Å²) in [6, 6.07) is 13.2. The highest BCUT2D eigenvalue weighted by Gasteiger charge is 2.34. The lowest BCUT2D eigenvalue weighted by Gasteiger charge is -2.29. The molecular formula is C31H39N5O5S2. The Morgan fingerprint density at radius 2 is 1.91 bits per heavy atom. The van der Waals surface area contributed by atoms with E-state index < -0.39 is 28.1 Å². The van der Waals surface area contributed by atoms with Crippen LogP contribution in [0.1, 0.15) is 68.7 Å². The molecule has 2 aliphatic rings. The van der Waals surface area contributed by atoms with Gasteiger partial charge in [0.1, 0.15) is 5.01 Å². The van der Waals surface area contributed by atoms with Gasteiger partial charge in [-0.1, -0.05) is 30.3 Å². The predicted molar refractivity (Wildman–Crippen MR) is 168 cm³/mol. The molecule has 12 heteroatoms. The van der Waals surface area contributed by atoms with Gasteiger partial charge in [0.2, 0.25) is 10.0 Å². The summed E-state index contributed by atoms with van der Waals surface area (Å²) in [5.41, 5.74) is 2.42. The summed E-state index contributed by atoms with van der Waals surface area (Å²) in [7, 11) is -2.28. The monoisotopic (exact) mass is 625 g/mol. The minimum Gasteiger partial charge on any atom is -0.389 e. The Labute approximate surface area is 257 Å². The maximum atomic E-state index is 13.9. The molecule has 0 unspecified atom stereocenters. The largest absolute Gasteiger partial charge is 0.389 e. The highest BCUT2D eigenvalue weighted by Crippen LogP contribution is 2.35. The zero-order valence-corrected chi connectivity index (χ0v) is 26.3. The van der Waals surface area contributed by atoms with Crippen LogP contribution in [0.2, 0.25) is 0 Å². The second-order valence-electron chi connectivity index (χ2n) is 11.4. The van der Waals surface area contributed by atoms with Crippen LogP contribution in [0.5, 0.6) is 0 Å². The summed E-state index contributed by atoms with van der Waals surface area (Å²) in [6.45, 7) is 3.26. The summed E-state index contributed by atoms with van der Waals surface area (Å²) in [6.07, 6.45) is 3.97. The van der Waals surface area contributed by atoms with Crippen LogP contribution in [-0.4, -0.2) is 79.8 Å². The van der Waals surface area contributed by atoms with Gasteiger partial charge in [0, 0.05) is 41.8 Å². The molecule has 4 atom stereocenters. The van der Waals surface area contributed by atoms with Gasteiger partial charge in [-0.3, -0.25) is 13.9 Å². The molecule has 0 spiro atoms. The van der Waals surface area contributed by atoms with E-state index in [1.807, 2.05) is 42.6 Å². The minimum absolute atomic E-state index is 0.141. The van der Waals surface area contributed by atoms with Crippen LogP contribution in [0, 0.1) is 6.92 Å². The number of aliphatic hydroxyl groups is 1. The molecule has 1 aromatic heterocycles. The van der Waals surface area contributed by atoms with E-state index in [1.54, 1.807) is 4.90 Å². The van der Waals surface area contributed by atoms with Crippen molar-refractivity contribution in [2.75, 3.05) is 30.7 Å². The zero-order valence-electron chi connectivity index (χ0n) is 24.7. The number of benzene rings is 2. The average Bonchev–Trinajstić information content (AvgIpc) is 3.78. The summed E-state index contributed by atoms with van der Waals surface area (Å²) in [5, 5.41) is 20.5. The number of aromatic nitrogens is 1. The molecule has 2 amide bonds. The van der Waals surface area contributed by atoms with Gasteiger partial charge in [-0.05, 0) is 69.3 Å². The zero-order chi connectivity index (χ0) is 30.7. The van der Waals surface area contributed by atoms with Crippen molar-refractivity contribution >= 4 is 38.9 Å². The molecule has 2 aromatic carbocycles. The second-order valence-corrected chi connectivity index (χ2v) is 14.3. The molecule has 2 fully saturated rings. The fraction of sp³-hybridized carbons (Fsp3) is 0.452. The van der Waals surface area contributed by atoms with Crippen molar-refractivity contribution in [2.45, 2.75) is 63.3 Å². The maximum absolute atomic E-state index is 13.9. The highest BCUT2D eigenvalue weighted by atomic mass is 32.2. The Bertz CT molecular complexity index is 1560. The third-order valence-electron chi connectivity index (χ3n) is 8.26. The number of amides is 2. The van der Waals surface area contributed by atoms with Gasteiger partial charge in [-0.15, -0.1) is 11.3 Å². The van der Waals surface area contributed by atoms with Crippen molar-refractivity contribution in [3.05, 3.63) is 81.3 Å². The lowest BCUT2D eigenvalue weighted by atomic mass is 9.95. The first kappa shape index (κ1) is 31.1. The molecule has 2 saturated heterocycles. The third kappa shape index (κ3) is 7.26. The van der Waals surface area contributed by atoms with Crippen LogP contribution < -0.4 is 14.9 Å². The van der Waals surface area contributed by atoms with E-state index in [2.05, 4.69) is 15.6 Å². The van der Waals surface area contributed by atoms with Gasteiger partial charge in [0.15, 0.2) is 0 Å². The number of carbonyl (C=O) groups is 2. The molecule has 0 bridgehead atoms. The van der Waals surface area contributed by atoms with Crippen LogP contribution in [0.3, 0.4) is 0 Å². The van der Waals surface area contributed by atoms with Crippen molar-refractivity contribution in [3.8, 4) is 0 Å². The van der Waals surface area contributed by atoms with E-state index >= 15 is 0 Å². The molecule has 0 saturated carbocycles. The van der Waals surface area contributed by atoms with Gasteiger partial charge in [0.05, 0.1) is 30.1 Å². The molecule has 3 N–H and O–H groups in total. The molecule has 230 valence electrons. The predicted octanol–water partition coefficient (Wildman–Crippen LogP) is 3.28. The molecule has 43 heavy (non-hydrogen) atoms. The van der Waals surface area contributed by atoms with Crippen molar-refractivity contribution in [1.82, 2.24) is 20.5 Å². The van der Waals surface area contributed by atoms with E-state index in [1.165, 1.54) is 36.6 Å². The van der Waals surface area contributed by atoms with Crippen molar-refractivity contribution in [3.63, 3.8) is 0 Å². The summed E-state index contributed by atoms with van der Waals surface area (Å²) in [5.74, 6) is -0.784. The van der Waals surface area contributed by atoms with Crippen LogP contribution in [0.4, 0.5) is 5.69 Å². The second kappa shape index (κ2) is 13.1. The lowest BCUT2D eigenvalue weighted by molar-refractivity contribution is 0.0733. The molecule has 5 rings (SSSR count). The number of hydrogen-bond donors (Lipinski definition) is 3. The number of thiazole rings is 1. The Balaban J connectivity index is 1.47. The van der Waals surface area contributed by atoms with E-state index in [4.69, 9.17) is 0 Å². The minimum atomic E-state index is -3.68. The van der Waals surface area contributed by atoms with Crippen LogP contribution in [0.15, 0.2) is 53.9 Å². The van der Waals surface area contributed by atoms with Gasteiger partial charge in [-0.2, -0.15) is 0 Å². The smallest absolute Gasteiger partial charge is 0.254 e. The number of likely N-dealkylation sites (tertiary alicyclic amines) is 1. The molecule has 0 radical (unpaired) electrons. The number of carbonyl (C=O) groups excluding carboxylic acids is 2. The Morgan fingerprint density at radius 3 is 2.56 bits per heavy atom. The topological polar surface area (TPSA) is 132 Å². The molecule has 0 aliphatic carbocycles. The van der Waals surface area contributed by atoms with Crippen LogP contribution in [-0.2, 0) is 16.4 Å². The molecule has 3 aromatic rings. The fourth-order valence-corrected chi connectivity index (χ4v) is 7.29. The number of anilines is 1. The fourth-order valence-electron chi connectivity index (χ4n) is 5.86. The summed E-state index contributed by atoms with van der Waals surface area (Å²) < 4.78 is 26.0. The van der Waals surface area contributed by atoms with Crippen molar-refractivity contribution < 1.29 is 23.1 Å². The Kier molecular flexibility index (Phi) is 9.50. The lowest BCUT2D eigenvalue weighted by Crippen LogP contribution is -2.52. The Hall–Kier alpha value is -3.32. The highest BCUT2D eigenvalue weighted by molar-refractivity contribution is 7.92. The van der Waals surface area contributed by atoms with Crippen molar-refractivity contribution in [2.24, 2.45) is 0 Å². The first-order chi connectivity index (χ1) is 20.5. The average molecular weight is 626 g/mol. The maximum Gasteiger partial charge on any atom is 0.254 e. The SMILES string of the molecule is Cc1csc([C@H]2CCCN2C(=O)c2cc(C(=O)N[C@H](Cc3ccccc3)[C@H](O)[C@@H]3CCCN3)cc(N(C)S(C)(=O)=O)c2)n1. The quantitative estimate of drug-likeness (QED) is 0.315. The summed E-state index contributed by atoms with van der Waals surface area (Å²) >= 11 is 1.52. The van der Waals surface area contributed by atoms with Gasteiger partial charge in [0.25, 0.3) is 11.8 Å².